The van der Waals surface area contributed by atoms with Crippen molar-refractivity contribution in [2.75, 3.05) is 18.2 Å². The Labute approximate surface area is 166 Å². The third-order valence-electron chi connectivity index (χ3n) is 3.90. The van der Waals surface area contributed by atoms with Crippen molar-refractivity contribution in [3.05, 3.63) is 52.0 Å². The van der Waals surface area contributed by atoms with Crippen LogP contribution in [0.4, 0.5) is 5.69 Å². The van der Waals surface area contributed by atoms with Crippen molar-refractivity contribution in [1.82, 2.24) is 0 Å². The topological polar surface area (TPSA) is 79.2 Å². The van der Waals surface area contributed by atoms with E-state index in [9.17, 15) is 9.59 Å². The molecule has 0 fully saturated rings. The van der Waals surface area contributed by atoms with Crippen molar-refractivity contribution in [1.29, 1.82) is 0 Å². The minimum absolute atomic E-state index is 0.160. The Morgan fingerprint density at radius 1 is 1.26 bits per heavy atom. The number of carboxylic acids is 1. The van der Waals surface area contributed by atoms with Crippen LogP contribution in [0.2, 0.25) is 10.0 Å². The Bertz CT molecular complexity index is 936. The van der Waals surface area contributed by atoms with Crippen LogP contribution >= 0.6 is 23.2 Å². The van der Waals surface area contributed by atoms with E-state index in [0.29, 0.717) is 21.2 Å². The molecule has 9 heteroatoms. The van der Waals surface area contributed by atoms with Crippen LogP contribution in [0.1, 0.15) is 10.4 Å². The quantitative estimate of drug-likeness (QED) is 0.593. The van der Waals surface area contributed by atoms with Gasteiger partial charge < -0.3 is 9.84 Å². The molecule has 3 rings (SSSR count). The van der Waals surface area contributed by atoms with Gasteiger partial charge in [0, 0.05) is 11.2 Å². The monoisotopic (exact) mass is 402 g/mol. The van der Waals surface area contributed by atoms with E-state index >= 15 is 0 Å². The summed E-state index contributed by atoms with van der Waals surface area (Å²) in [6.45, 7) is -0.289. The van der Waals surface area contributed by atoms with E-state index in [1.807, 2.05) is 0 Å². The number of nitrogens with zero attached hydrogens (tertiary/aromatic N) is 2. The van der Waals surface area contributed by atoms with E-state index in [-0.39, 0.29) is 23.6 Å². The van der Waals surface area contributed by atoms with Gasteiger partial charge in [0.25, 0.3) is 0 Å². The largest absolute Gasteiger partial charge is 0.481 e. The van der Waals surface area contributed by atoms with Gasteiger partial charge in [0.05, 0.1) is 28.7 Å². The molecule has 1 unspecified atom stereocenters. The number of ether oxygens (including phenoxy) is 1. The number of hydrogen-bond donors (Lipinski definition) is 1. The molecule has 0 saturated carbocycles. The van der Waals surface area contributed by atoms with Gasteiger partial charge in [0.1, 0.15) is 13.6 Å². The van der Waals surface area contributed by atoms with Crippen LogP contribution in [0, 0.1) is 5.92 Å². The van der Waals surface area contributed by atoms with Crippen LogP contribution < -0.4 is 15.2 Å². The number of hydrazone groups is 1. The summed E-state index contributed by atoms with van der Waals surface area (Å²) >= 11 is 12.1. The van der Waals surface area contributed by atoms with Gasteiger partial charge in [-0.25, -0.2) is 4.79 Å². The standard InChI is InChI=1S/C18H13BCl2N2O4/c19-11-1-4-16(27-9-17(24)25)13(5-11)18(26)10-7-22-23(8-10)15-3-2-12(20)6-14(15)21/h1-7,10H,8-9H2,(H,24,25). The van der Waals surface area contributed by atoms with Gasteiger partial charge in [-0.2, -0.15) is 5.10 Å². The van der Waals surface area contributed by atoms with Gasteiger partial charge in [-0.05, 0) is 24.3 Å². The number of benzene rings is 2. The number of rotatable bonds is 6. The second-order valence-electron chi connectivity index (χ2n) is 5.85. The Balaban J connectivity index is 1.80. The molecule has 1 atom stereocenters. The molecular weight excluding hydrogens is 390 g/mol. The van der Waals surface area contributed by atoms with Crippen LogP contribution in [-0.4, -0.2) is 44.1 Å². The predicted octanol–water partition coefficient (Wildman–Crippen LogP) is 2.56. The SMILES string of the molecule is [B]c1ccc(OCC(=O)O)c(C(=O)C2C=NN(c3ccc(Cl)cc3Cl)C2)c1. The van der Waals surface area contributed by atoms with Gasteiger partial charge in [0.15, 0.2) is 12.4 Å². The average Bonchev–Trinajstić information content (AvgIpc) is 3.09. The molecule has 1 N–H and O–H groups in total. The number of aliphatic carboxylic acids is 1. The lowest BCUT2D eigenvalue weighted by Gasteiger charge is -2.18. The Morgan fingerprint density at radius 3 is 2.74 bits per heavy atom. The van der Waals surface area contributed by atoms with Gasteiger partial charge in [-0.1, -0.05) is 40.8 Å². The van der Waals surface area contributed by atoms with Crippen LogP contribution in [0.3, 0.4) is 0 Å². The fraction of sp³-hybridized carbons (Fsp3) is 0.167. The zero-order chi connectivity index (χ0) is 19.6. The van der Waals surface area contributed by atoms with E-state index in [4.69, 9.17) is 40.9 Å². The average molecular weight is 403 g/mol. The summed E-state index contributed by atoms with van der Waals surface area (Å²) < 4.78 is 5.21. The number of carboxylic acid groups (broad SMARTS) is 1. The lowest BCUT2D eigenvalue weighted by Crippen LogP contribution is -2.25. The van der Waals surface area contributed by atoms with Crippen molar-refractivity contribution >= 4 is 60.2 Å². The number of carbonyl (C=O) groups excluding carboxylic acids is 1. The van der Waals surface area contributed by atoms with Crippen LogP contribution in [0.5, 0.6) is 5.75 Å². The molecule has 27 heavy (non-hydrogen) atoms. The molecule has 1 aliphatic heterocycles. The number of carbonyl (C=O) groups is 2. The van der Waals surface area contributed by atoms with Crippen molar-refractivity contribution in [3.8, 4) is 5.75 Å². The highest BCUT2D eigenvalue weighted by molar-refractivity contribution is 6.36. The summed E-state index contributed by atoms with van der Waals surface area (Å²) in [6, 6.07) is 9.48. The van der Waals surface area contributed by atoms with Gasteiger partial charge in [0.2, 0.25) is 0 Å². The minimum atomic E-state index is -1.14. The molecule has 136 valence electrons. The van der Waals surface area contributed by atoms with E-state index in [1.165, 1.54) is 24.4 Å². The first kappa shape index (κ1) is 19.3. The first-order valence-electron chi connectivity index (χ1n) is 7.90. The maximum atomic E-state index is 12.9. The minimum Gasteiger partial charge on any atom is -0.481 e. The molecule has 2 aromatic rings. The Hall–Kier alpha value is -2.51. The molecule has 0 spiro atoms. The summed E-state index contributed by atoms with van der Waals surface area (Å²) in [6.07, 6.45) is 1.51. The molecule has 1 aliphatic rings. The second kappa shape index (κ2) is 8.02. The highest BCUT2D eigenvalue weighted by Gasteiger charge is 2.29. The van der Waals surface area contributed by atoms with Crippen molar-refractivity contribution in [2.45, 2.75) is 0 Å². The van der Waals surface area contributed by atoms with Crippen LogP contribution in [0.15, 0.2) is 41.5 Å². The van der Waals surface area contributed by atoms with Gasteiger partial charge in [-0.3, -0.25) is 9.80 Å². The Morgan fingerprint density at radius 2 is 2.04 bits per heavy atom. The van der Waals surface area contributed by atoms with Gasteiger partial charge in [-0.15, -0.1) is 0 Å². The zero-order valence-corrected chi connectivity index (χ0v) is 15.4. The number of anilines is 1. The van der Waals surface area contributed by atoms with Gasteiger partial charge >= 0.3 is 5.97 Å². The van der Waals surface area contributed by atoms with E-state index in [0.717, 1.165) is 0 Å². The molecular formula is C18H13BCl2N2O4. The first-order valence-corrected chi connectivity index (χ1v) is 8.66. The molecule has 0 saturated heterocycles. The normalized spacial score (nSPS) is 15.8. The maximum Gasteiger partial charge on any atom is 0.341 e. The van der Waals surface area contributed by atoms with E-state index in [2.05, 4.69) is 5.10 Å². The third-order valence-corrected chi connectivity index (χ3v) is 4.44. The highest BCUT2D eigenvalue weighted by atomic mass is 35.5. The summed E-state index contributed by atoms with van der Waals surface area (Å²) in [4.78, 5) is 23.7. The fourth-order valence-electron chi connectivity index (χ4n) is 2.65. The molecule has 6 nitrogen and oxygen atoms in total. The smallest absolute Gasteiger partial charge is 0.341 e. The molecule has 2 radical (unpaired) electrons. The molecule has 0 bridgehead atoms. The maximum absolute atomic E-state index is 12.9. The van der Waals surface area contributed by atoms with Crippen molar-refractivity contribution < 1.29 is 19.4 Å². The lowest BCUT2D eigenvalue weighted by molar-refractivity contribution is -0.139. The lowest BCUT2D eigenvalue weighted by atomic mass is 9.90. The number of Topliss-reactive ketones (excluding diaryl/α,β-unsaturated/α-hetero) is 1. The number of hydrogen-bond acceptors (Lipinski definition) is 5. The van der Waals surface area contributed by atoms with E-state index in [1.54, 1.807) is 23.2 Å². The molecule has 0 aliphatic carbocycles. The fourth-order valence-corrected chi connectivity index (χ4v) is 3.15. The summed E-state index contributed by atoms with van der Waals surface area (Å²) in [5.41, 5.74) is 1.20. The second-order valence-corrected chi connectivity index (χ2v) is 6.69. The summed E-state index contributed by atoms with van der Waals surface area (Å²) in [5.74, 6) is -1.83. The predicted molar refractivity (Wildman–Crippen MR) is 105 cm³/mol. The first-order chi connectivity index (χ1) is 12.8. The van der Waals surface area contributed by atoms with Crippen LogP contribution in [-0.2, 0) is 4.79 Å². The van der Waals surface area contributed by atoms with Crippen LogP contribution in [0.25, 0.3) is 0 Å². The molecule has 2 aromatic carbocycles. The number of halogens is 2. The summed E-state index contributed by atoms with van der Waals surface area (Å²) in [5, 5.41) is 15.6. The number of ketones is 1. The third kappa shape index (κ3) is 4.43. The van der Waals surface area contributed by atoms with Crippen molar-refractivity contribution in [3.63, 3.8) is 0 Å². The highest BCUT2D eigenvalue weighted by Crippen LogP contribution is 2.32. The molecule has 1 heterocycles. The zero-order valence-electron chi connectivity index (χ0n) is 13.9. The summed E-state index contributed by atoms with van der Waals surface area (Å²) in [7, 11) is 5.77. The van der Waals surface area contributed by atoms with E-state index < -0.39 is 18.5 Å². The Kier molecular flexibility index (Phi) is 5.72. The van der Waals surface area contributed by atoms with Crippen molar-refractivity contribution in [2.24, 2.45) is 11.0 Å². The molecule has 0 amide bonds. The molecule has 0 aromatic heterocycles.